The zero-order chi connectivity index (χ0) is 8.36. The highest BCUT2D eigenvalue weighted by molar-refractivity contribution is 5.21. The molecule has 2 nitrogen and oxygen atoms in total. The summed E-state index contributed by atoms with van der Waals surface area (Å²) in [5.41, 5.74) is 2.17. The van der Waals surface area contributed by atoms with Gasteiger partial charge < -0.3 is 5.73 Å². The zero-order valence-corrected chi connectivity index (χ0v) is 4.54. The minimum Gasteiger partial charge on any atom is -0.392 e. The molecule has 0 rings (SSSR count). The molecule has 0 saturated heterocycles. The molecule has 0 aliphatic heterocycles. The minimum atomic E-state index is -4.96. The molecule has 10 heavy (non-hydrogen) atoms. The Bertz CT molecular complexity index is 196. The van der Waals surface area contributed by atoms with Crippen LogP contribution in [0.5, 0.6) is 0 Å². The van der Waals surface area contributed by atoms with Gasteiger partial charge in [0.25, 0.3) is 0 Å². The largest absolute Gasteiger partial charge is 0.434 e. The topological polar surface area (TPSA) is 49.8 Å². The first-order valence-electron chi connectivity index (χ1n) is 2.02. The van der Waals surface area contributed by atoms with E-state index in [9.17, 15) is 17.6 Å². The summed E-state index contributed by atoms with van der Waals surface area (Å²) in [5.74, 6) is -2.01. The molecule has 0 atom stereocenters. The van der Waals surface area contributed by atoms with Gasteiger partial charge in [-0.1, -0.05) is 0 Å². The molecule has 0 aromatic carbocycles. The van der Waals surface area contributed by atoms with Crippen molar-refractivity contribution in [1.29, 1.82) is 5.26 Å². The van der Waals surface area contributed by atoms with E-state index in [4.69, 9.17) is 5.26 Å². The van der Waals surface area contributed by atoms with Crippen LogP contribution in [-0.4, -0.2) is 6.18 Å². The van der Waals surface area contributed by atoms with Crippen molar-refractivity contribution < 1.29 is 17.6 Å². The number of rotatable bonds is 0. The zero-order valence-electron chi connectivity index (χ0n) is 4.54. The maximum absolute atomic E-state index is 11.7. The molecule has 2 N–H and O–H groups in total. The summed E-state index contributed by atoms with van der Waals surface area (Å²) in [6.45, 7) is 0. The normalized spacial score (nSPS) is 13.9. The number of alkyl halides is 3. The van der Waals surface area contributed by atoms with Crippen molar-refractivity contribution in [2.45, 2.75) is 6.18 Å². The second-order valence-corrected chi connectivity index (χ2v) is 1.34. The molecule has 0 aliphatic rings. The van der Waals surface area contributed by atoms with Gasteiger partial charge >= 0.3 is 6.18 Å². The number of halogens is 4. The fourth-order valence-corrected chi connectivity index (χ4v) is 0.185. The molecule has 0 unspecified atom stereocenters. The highest BCUT2D eigenvalue weighted by atomic mass is 19.4. The van der Waals surface area contributed by atoms with E-state index in [1.54, 1.807) is 0 Å². The molecule has 0 saturated carbocycles. The number of nitrogens with zero attached hydrogens (tertiary/aromatic N) is 1. The monoisotopic (exact) mass is 154 g/mol. The Labute approximate surface area is 53.5 Å². The molecule has 0 aromatic rings. The van der Waals surface area contributed by atoms with Gasteiger partial charge in [0.05, 0.1) is 0 Å². The third-order valence-electron chi connectivity index (χ3n) is 0.640. The van der Waals surface area contributed by atoms with Gasteiger partial charge in [-0.05, 0) is 0 Å². The standard InChI is InChI=1S/C4H2F4N2/c5-2(1-9)3(10)4(6,7)8/h10H2/b3-2-. The van der Waals surface area contributed by atoms with Crippen LogP contribution in [0.1, 0.15) is 0 Å². The predicted octanol–water partition coefficient (Wildman–Crippen LogP) is 1.21. The molecular formula is C4H2F4N2. The average molecular weight is 154 g/mol. The van der Waals surface area contributed by atoms with Crippen LogP contribution in [0.3, 0.4) is 0 Å². The van der Waals surface area contributed by atoms with Crippen molar-refractivity contribution in [3.05, 3.63) is 11.5 Å². The van der Waals surface area contributed by atoms with Crippen LogP contribution < -0.4 is 5.73 Å². The Kier molecular flexibility index (Phi) is 2.24. The van der Waals surface area contributed by atoms with E-state index in [1.807, 2.05) is 0 Å². The van der Waals surface area contributed by atoms with Crippen LogP contribution in [-0.2, 0) is 0 Å². The van der Waals surface area contributed by atoms with Crippen molar-refractivity contribution in [3.8, 4) is 6.07 Å². The second kappa shape index (κ2) is 2.56. The van der Waals surface area contributed by atoms with E-state index in [0.29, 0.717) is 6.07 Å². The molecule has 56 valence electrons. The molecule has 6 heteroatoms. The van der Waals surface area contributed by atoms with Gasteiger partial charge in [0.15, 0.2) is 5.70 Å². The molecule has 0 heterocycles. The maximum Gasteiger partial charge on any atom is 0.434 e. The smallest absolute Gasteiger partial charge is 0.392 e. The molecule has 0 bridgehead atoms. The fraction of sp³-hybridized carbons (Fsp3) is 0.250. The lowest BCUT2D eigenvalue weighted by Crippen LogP contribution is -2.20. The first-order valence-corrected chi connectivity index (χ1v) is 2.02. The molecule has 0 radical (unpaired) electrons. The highest BCUT2D eigenvalue weighted by Gasteiger charge is 2.34. The first-order chi connectivity index (χ1) is 4.39. The number of nitrogens with two attached hydrogens (primary N) is 1. The molecule has 0 amide bonds. The van der Waals surface area contributed by atoms with E-state index in [-0.39, 0.29) is 0 Å². The van der Waals surface area contributed by atoms with Gasteiger partial charge in [-0.15, -0.1) is 0 Å². The summed E-state index contributed by atoms with van der Waals surface area (Å²) >= 11 is 0. The van der Waals surface area contributed by atoms with Gasteiger partial charge in [-0.2, -0.15) is 22.8 Å². The number of allylic oxidation sites excluding steroid dienone is 2. The van der Waals surface area contributed by atoms with E-state index >= 15 is 0 Å². The number of hydrogen-bond acceptors (Lipinski definition) is 2. The van der Waals surface area contributed by atoms with Crippen LogP contribution in [0.15, 0.2) is 11.5 Å². The van der Waals surface area contributed by atoms with Gasteiger partial charge in [-0.25, -0.2) is 0 Å². The lowest BCUT2D eigenvalue weighted by atomic mass is 10.4. The van der Waals surface area contributed by atoms with Gasteiger partial charge in [0.1, 0.15) is 6.07 Å². The Morgan fingerprint density at radius 3 is 1.90 bits per heavy atom. The molecular weight excluding hydrogens is 152 g/mol. The van der Waals surface area contributed by atoms with E-state index in [2.05, 4.69) is 5.73 Å². The summed E-state index contributed by atoms with van der Waals surface area (Å²) < 4.78 is 45.6. The Morgan fingerprint density at radius 1 is 1.40 bits per heavy atom. The average Bonchev–Trinajstić information content (AvgIpc) is 1.83. The highest BCUT2D eigenvalue weighted by Crippen LogP contribution is 2.23. The molecule has 0 aliphatic carbocycles. The van der Waals surface area contributed by atoms with Crippen molar-refractivity contribution in [2.75, 3.05) is 0 Å². The maximum atomic E-state index is 11.7. The van der Waals surface area contributed by atoms with Gasteiger partial charge in [-0.3, -0.25) is 0 Å². The van der Waals surface area contributed by atoms with E-state index in [1.165, 1.54) is 0 Å². The lowest BCUT2D eigenvalue weighted by molar-refractivity contribution is -0.0942. The van der Waals surface area contributed by atoms with Crippen LogP contribution in [0.2, 0.25) is 0 Å². The van der Waals surface area contributed by atoms with Crippen molar-refractivity contribution in [2.24, 2.45) is 5.73 Å². The van der Waals surface area contributed by atoms with E-state index in [0.717, 1.165) is 0 Å². The second-order valence-electron chi connectivity index (χ2n) is 1.34. The van der Waals surface area contributed by atoms with Crippen molar-refractivity contribution in [3.63, 3.8) is 0 Å². The van der Waals surface area contributed by atoms with Gasteiger partial charge in [0.2, 0.25) is 5.83 Å². The quantitative estimate of drug-likeness (QED) is 0.421. The Balaban J connectivity index is 4.69. The van der Waals surface area contributed by atoms with Crippen LogP contribution >= 0.6 is 0 Å². The molecule has 0 fully saturated rings. The number of nitriles is 1. The van der Waals surface area contributed by atoms with Crippen LogP contribution in [0.25, 0.3) is 0 Å². The summed E-state index contributed by atoms with van der Waals surface area (Å²) in [6.07, 6.45) is -4.96. The third kappa shape index (κ3) is 1.93. The Morgan fingerprint density at radius 2 is 1.80 bits per heavy atom. The Hall–Kier alpha value is -1.25. The van der Waals surface area contributed by atoms with Gasteiger partial charge in [0, 0.05) is 0 Å². The third-order valence-corrected chi connectivity index (χ3v) is 0.640. The van der Waals surface area contributed by atoms with Crippen LogP contribution in [0.4, 0.5) is 17.6 Å². The number of hydrogen-bond donors (Lipinski definition) is 1. The minimum absolute atomic E-state index is 0.639. The van der Waals surface area contributed by atoms with Crippen LogP contribution in [0, 0.1) is 11.3 Å². The van der Waals surface area contributed by atoms with Crippen molar-refractivity contribution >= 4 is 0 Å². The van der Waals surface area contributed by atoms with E-state index < -0.39 is 17.7 Å². The summed E-state index contributed by atoms with van der Waals surface area (Å²) in [5, 5.41) is 7.61. The molecule has 0 spiro atoms. The lowest BCUT2D eigenvalue weighted by Gasteiger charge is -2.03. The first kappa shape index (κ1) is 8.75. The summed E-state index contributed by atoms with van der Waals surface area (Å²) in [4.78, 5) is 0. The van der Waals surface area contributed by atoms with Crippen molar-refractivity contribution in [1.82, 2.24) is 0 Å². The SMILES string of the molecule is N#C/C(F)=C(/N)C(F)(F)F. The molecule has 0 aromatic heterocycles. The predicted molar refractivity (Wildman–Crippen MR) is 24.0 cm³/mol. The summed E-state index contributed by atoms with van der Waals surface area (Å²) in [7, 11) is 0. The fourth-order valence-electron chi connectivity index (χ4n) is 0.185. The summed E-state index contributed by atoms with van der Waals surface area (Å²) in [6, 6.07) is 0.639.